The van der Waals surface area contributed by atoms with Gasteiger partial charge in [-0.1, -0.05) is 50.4 Å². The number of benzene rings is 1. The van der Waals surface area contributed by atoms with Crippen LogP contribution in [0.2, 0.25) is 10.0 Å². The molecular formula is C43H63Cl2F4N7O9. The van der Waals surface area contributed by atoms with E-state index in [1.165, 1.54) is 31.0 Å². The standard InChI is InChI=1S/C43H63Cl2F4N7O9/c1-9-12-29-38(60)53(5)17-11-10-13-32(35(57)52-31(19-24(2)3)40(62)55(7)33(36(58)50-29)21-25-20-26(44)14-15-28(25)45)54(6)39(61)30(16-18-65-8)51-37(59)34-22-27(46)23-56(34)41(63)42(4,64)43(47,48)49/h14-15,20,24,27,29-34,64H,9-13,16-19,21-23H2,1-8H3,(H,50,58)(H,51,59)(H,52,57)/t27-,29-,30+,31+,32+,33+,34+,42-/m1/s1. The summed E-state index contributed by atoms with van der Waals surface area (Å²) in [5, 5.41) is 18.7. The van der Waals surface area contributed by atoms with Crippen LogP contribution in [-0.2, 0) is 44.7 Å². The smallest absolute Gasteiger partial charge is 0.385 e. The maximum Gasteiger partial charge on any atom is 0.426 e. The summed E-state index contributed by atoms with van der Waals surface area (Å²) in [5.74, 6) is -6.66. The zero-order valence-corrected chi connectivity index (χ0v) is 39.6. The predicted octanol–water partition coefficient (Wildman–Crippen LogP) is 3.42. The lowest BCUT2D eigenvalue weighted by molar-refractivity contribution is -0.250. The average molecular weight is 969 g/mol. The van der Waals surface area contributed by atoms with Crippen molar-refractivity contribution in [3.8, 4) is 0 Å². The molecule has 1 aromatic rings. The molecule has 0 aromatic heterocycles. The molecule has 8 atom stereocenters. The maximum atomic E-state index is 14.7. The molecule has 65 heavy (non-hydrogen) atoms. The van der Waals surface area contributed by atoms with Crippen LogP contribution < -0.4 is 16.0 Å². The molecule has 7 amide bonds. The largest absolute Gasteiger partial charge is 0.426 e. The van der Waals surface area contributed by atoms with Crippen LogP contribution in [0, 0.1) is 5.92 Å². The minimum Gasteiger partial charge on any atom is -0.385 e. The fraction of sp³-hybridized carbons (Fsp3) is 0.698. The minimum atomic E-state index is -5.46. The summed E-state index contributed by atoms with van der Waals surface area (Å²) in [7, 11) is 5.54. The Hall–Kier alpha value is -4.27. The summed E-state index contributed by atoms with van der Waals surface area (Å²) in [6.45, 7) is 4.80. The Balaban J connectivity index is 2.05. The zero-order valence-electron chi connectivity index (χ0n) is 38.1. The van der Waals surface area contributed by atoms with Gasteiger partial charge in [-0.05, 0) is 75.1 Å². The van der Waals surface area contributed by atoms with E-state index in [-0.39, 0.29) is 80.3 Å². The number of amides is 7. The van der Waals surface area contributed by atoms with E-state index in [4.69, 9.17) is 27.9 Å². The van der Waals surface area contributed by atoms with Crippen LogP contribution in [0.4, 0.5) is 17.6 Å². The lowest BCUT2D eigenvalue weighted by Gasteiger charge is -2.36. The summed E-state index contributed by atoms with van der Waals surface area (Å²) in [4.78, 5) is 102. The molecule has 3 rings (SSSR count). The molecule has 0 saturated carbocycles. The number of carbonyl (C=O) groups excluding carboxylic acids is 7. The Morgan fingerprint density at radius 3 is 2.28 bits per heavy atom. The molecule has 0 spiro atoms. The second-order valence-electron chi connectivity index (χ2n) is 17.4. The Labute approximate surface area is 387 Å². The monoisotopic (exact) mass is 967 g/mol. The number of carbonyl (C=O) groups is 7. The Morgan fingerprint density at radius 2 is 1.68 bits per heavy atom. The first kappa shape index (κ1) is 55.1. The van der Waals surface area contributed by atoms with Gasteiger partial charge in [0, 0.05) is 64.3 Å². The fourth-order valence-corrected chi connectivity index (χ4v) is 8.26. The van der Waals surface area contributed by atoms with Gasteiger partial charge >= 0.3 is 6.18 Å². The van der Waals surface area contributed by atoms with Gasteiger partial charge in [-0.3, -0.25) is 33.6 Å². The molecule has 2 fully saturated rings. The second-order valence-corrected chi connectivity index (χ2v) is 18.2. The van der Waals surface area contributed by atoms with Crippen molar-refractivity contribution in [2.45, 2.75) is 140 Å². The molecule has 2 heterocycles. The van der Waals surface area contributed by atoms with Gasteiger partial charge in [0.05, 0.1) is 6.54 Å². The summed E-state index contributed by atoms with van der Waals surface area (Å²) >= 11 is 12.8. The van der Waals surface area contributed by atoms with E-state index < -0.39 is 103 Å². The van der Waals surface area contributed by atoms with Crippen LogP contribution in [-0.4, -0.2) is 168 Å². The summed E-state index contributed by atoms with van der Waals surface area (Å²) in [6.07, 6.45) is -6.96. The molecule has 2 aliphatic heterocycles. The Bertz CT molecular complexity index is 1880. The Kier molecular flexibility index (Phi) is 20.3. The number of nitrogens with one attached hydrogen (secondary N) is 3. The van der Waals surface area contributed by atoms with E-state index in [1.54, 1.807) is 25.2 Å². The number of likely N-dealkylation sites (tertiary alicyclic amines) is 1. The number of halogens is 6. The van der Waals surface area contributed by atoms with Crippen molar-refractivity contribution < 1.29 is 61.0 Å². The first-order valence-corrected chi connectivity index (χ1v) is 22.4. The normalized spacial score (nSPS) is 24.6. The van der Waals surface area contributed by atoms with Gasteiger partial charge in [0.1, 0.15) is 42.4 Å². The van der Waals surface area contributed by atoms with Crippen molar-refractivity contribution in [1.29, 1.82) is 0 Å². The molecule has 0 aliphatic carbocycles. The summed E-state index contributed by atoms with van der Waals surface area (Å²) < 4.78 is 60.7. The van der Waals surface area contributed by atoms with Crippen LogP contribution in [0.1, 0.15) is 84.6 Å². The number of methoxy groups -OCH3 is 1. The van der Waals surface area contributed by atoms with Crippen molar-refractivity contribution in [3.63, 3.8) is 0 Å². The molecule has 2 aliphatic rings. The van der Waals surface area contributed by atoms with E-state index >= 15 is 0 Å². The molecule has 1 aromatic carbocycles. The molecule has 22 heteroatoms. The first-order valence-electron chi connectivity index (χ1n) is 21.6. The quantitative estimate of drug-likeness (QED) is 0.202. The van der Waals surface area contributed by atoms with Crippen LogP contribution in [0.25, 0.3) is 0 Å². The lowest BCUT2D eigenvalue weighted by atomic mass is 9.98. The summed E-state index contributed by atoms with van der Waals surface area (Å²) in [6, 6.07) is -3.44. The molecule has 0 bridgehead atoms. The second kappa shape index (κ2) is 24.0. The number of nitrogens with zero attached hydrogens (tertiary/aromatic N) is 4. The van der Waals surface area contributed by atoms with Gasteiger partial charge < -0.3 is 45.4 Å². The van der Waals surface area contributed by atoms with Crippen molar-refractivity contribution >= 4 is 64.6 Å². The van der Waals surface area contributed by atoms with Gasteiger partial charge in [-0.15, -0.1) is 0 Å². The highest BCUT2D eigenvalue weighted by atomic mass is 35.5. The van der Waals surface area contributed by atoms with Crippen LogP contribution >= 0.6 is 23.2 Å². The highest BCUT2D eigenvalue weighted by Gasteiger charge is 2.59. The topological polar surface area (TPSA) is 198 Å². The SMILES string of the molecule is CCC[C@H]1NC(=O)[C@H](Cc2cc(Cl)ccc2Cl)N(C)C(=O)[C@H](CC(C)C)NC(=O)[C@@H](N(C)C(=O)[C@H](CCOC)NC(=O)[C@@H]2C[C@@H](F)CN2C(=O)[C@@](C)(O)C(F)(F)F)CCCCN(C)C1=O. The number of hydrogen-bond acceptors (Lipinski definition) is 9. The minimum absolute atomic E-state index is 0.00848. The highest BCUT2D eigenvalue weighted by Crippen LogP contribution is 2.34. The molecule has 366 valence electrons. The van der Waals surface area contributed by atoms with Gasteiger partial charge in [0.2, 0.25) is 41.0 Å². The third-order valence-corrected chi connectivity index (χ3v) is 12.4. The molecule has 2 saturated heterocycles. The molecular weight excluding hydrogens is 905 g/mol. The number of alkyl halides is 4. The zero-order chi connectivity index (χ0) is 49.1. The molecule has 4 N–H and O–H groups in total. The van der Waals surface area contributed by atoms with E-state index in [9.17, 15) is 56.2 Å². The van der Waals surface area contributed by atoms with E-state index in [0.717, 1.165) is 4.90 Å². The van der Waals surface area contributed by atoms with E-state index in [0.29, 0.717) is 23.4 Å². The molecule has 16 nitrogen and oxygen atoms in total. The van der Waals surface area contributed by atoms with Gasteiger partial charge in [-0.25, -0.2) is 4.39 Å². The van der Waals surface area contributed by atoms with E-state index in [1.807, 2.05) is 20.8 Å². The maximum absolute atomic E-state index is 14.7. The molecule has 0 radical (unpaired) electrons. The van der Waals surface area contributed by atoms with Crippen molar-refractivity contribution in [2.75, 3.05) is 47.9 Å². The number of hydrogen-bond donors (Lipinski definition) is 4. The average Bonchev–Trinajstić information content (AvgIpc) is 3.63. The number of ether oxygens (including phenoxy) is 1. The summed E-state index contributed by atoms with van der Waals surface area (Å²) in [5.41, 5.74) is -3.51. The van der Waals surface area contributed by atoms with E-state index in [2.05, 4.69) is 16.0 Å². The van der Waals surface area contributed by atoms with Crippen LogP contribution in [0.5, 0.6) is 0 Å². The third kappa shape index (κ3) is 14.4. The van der Waals surface area contributed by atoms with Gasteiger partial charge in [-0.2, -0.15) is 13.2 Å². The molecule has 0 unspecified atom stereocenters. The number of aliphatic hydroxyl groups is 1. The lowest BCUT2D eigenvalue weighted by Crippen LogP contribution is -2.61. The number of likely N-dealkylation sites (N-methyl/N-ethyl adjacent to an activating group) is 3. The fourth-order valence-electron chi connectivity index (χ4n) is 7.87. The van der Waals surface area contributed by atoms with Crippen LogP contribution in [0.3, 0.4) is 0 Å². The highest BCUT2D eigenvalue weighted by molar-refractivity contribution is 6.33. The van der Waals surface area contributed by atoms with Gasteiger partial charge in [0.25, 0.3) is 5.91 Å². The Morgan fingerprint density at radius 1 is 1.03 bits per heavy atom. The van der Waals surface area contributed by atoms with Crippen molar-refractivity contribution in [2.24, 2.45) is 5.92 Å². The third-order valence-electron chi connectivity index (χ3n) is 11.8. The predicted molar refractivity (Wildman–Crippen MR) is 233 cm³/mol. The van der Waals surface area contributed by atoms with Crippen molar-refractivity contribution in [3.05, 3.63) is 33.8 Å². The van der Waals surface area contributed by atoms with Crippen LogP contribution in [0.15, 0.2) is 18.2 Å². The number of rotatable bonds is 14. The van der Waals surface area contributed by atoms with Gasteiger partial charge in [0.15, 0.2) is 0 Å². The first-order chi connectivity index (χ1) is 30.3. The van der Waals surface area contributed by atoms with Crippen molar-refractivity contribution in [1.82, 2.24) is 35.6 Å².